The second kappa shape index (κ2) is 4.89. The van der Waals surface area contributed by atoms with Gasteiger partial charge in [0.15, 0.2) is 11.5 Å². The highest BCUT2D eigenvalue weighted by molar-refractivity contribution is 5.53. The number of nitrogens with zero attached hydrogens (tertiary/aromatic N) is 2. The molecule has 2 aromatic rings. The van der Waals surface area contributed by atoms with Gasteiger partial charge in [0.2, 0.25) is 5.88 Å². The van der Waals surface area contributed by atoms with Gasteiger partial charge in [-0.05, 0) is 26.8 Å². The first kappa shape index (κ1) is 13.6. The lowest BCUT2D eigenvalue weighted by molar-refractivity contribution is 0.135. The van der Waals surface area contributed by atoms with Gasteiger partial charge in [0, 0.05) is 12.0 Å². The molecule has 0 saturated carbocycles. The normalized spacial score (nSPS) is 15.2. The van der Waals surface area contributed by atoms with E-state index in [1.165, 1.54) is 6.33 Å². The molecule has 0 unspecified atom stereocenters. The van der Waals surface area contributed by atoms with Crippen LogP contribution < -0.4 is 20.7 Å². The molecule has 3 N–H and O–H groups in total. The van der Waals surface area contributed by atoms with Gasteiger partial charge in [-0.25, -0.2) is 15.8 Å². The van der Waals surface area contributed by atoms with Gasteiger partial charge in [0.1, 0.15) is 17.7 Å². The number of nitrogens with two attached hydrogens (primary N) is 1. The van der Waals surface area contributed by atoms with Gasteiger partial charge in [-0.2, -0.15) is 0 Å². The second-order valence-electron chi connectivity index (χ2n) is 5.68. The lowest BCUT2D eigenvalue weighted by atomic mass is 10.0. The van der Waals surface area contributed by atoms with Crippen LogP contribution in [-0.2, 0) is 6.42 Å². The fourth-order valence-corrected chi connectivity index (χ4v) is 2.45. The van der Waals surface area contributed by atoms with Gasteiger partial charge in [0.25, 0.3) is 0 Å². The van der Waals surface area contributed by atoms with Crippen LogP contribution in [0.3, 0.4) is 0 Å². The molecule has 1 aliphatic heterocycles. The molecule has 0 radical (unpaired) electrons. The number of fused-ring (bicyclic) bond motifs is 1. The van der Waals surface area contributed by atoms with E-state index in [0.29, 0.717) is 17.4 Å². The lowest BCUT2D eigenvalue weighted by Crippen LogP contribution is -2.24. The first-order valence-corrected chi connectivity index (χ1v) is 6.77. The highest BCUT2D eigenvalue weighted by atomic mass is 16.5. The maximum atomic E-state index is 5.99. The highest BCUT2D eigenvalue weighted by Crippen LogP contribution is 2.43. The number of ether oxygens (including phenoxy) is 2. The molecule has 0 atom stereocenters. The fraction of sp³-hybridized carbons (Fsp3) is 0.333. The van der Waals surface area contributed by atoms with Crippen molar-refractivity contribution in [3.8, 4) is 17.4 Å². The SMILES string of the molecule is Cc1c(NN)ncnc1Oc1cccc2c1OC(C)(C)C2. The van der Waals surface area contributed by atoms with E-state index in [9.17, 15) is 0 Å². The third-order valence-corrected chi connectivity index (χ3v) is 3.44. The summed E-state index contributed by atoms with van der Waals surface area (Å²) >= 11 is 0. The molecule has 0 spiro atoms. The Balaban J connectivity index is 1.96. The fourth-order valence-electron chi connectivity index (χ4n) is 2.45. The highest BCUT2D eigenvalue weighted by Gasteiger charge is 2.32. The Kier molecular flexibility index (Phi) is 3.17. The van der Waals surface area contributed by atoms with Crippen molar-refractivity contribution in [3.05, 3.63) is 35.7 Å². The molecule has 21 heavy (non-hydrogen) atoms. The summed E-state index contributed by atoms with van der Waals surface area (Å²) in [5, 5.41) is 0. The minimum absolute atomic E-state index is 0.216. The third kappa shape index (κ3) is 2.50. The van der Waals surface area contributed by atoms with Gasteiger partial charge >= 0.3 is 0 Å². The van der Waals surface area contributed by atoms with Crippen molar-refractivity contribution in [3.63, 3.8) is 0 Å². The number of hydrogen-bond donors (Lipinski definition) is 2. The van der Waals surface area contributed by atoms with Crippen molar-refractivity contribution in [2.45, 2.75) is 32.8 Å². The first-order chi connectivity index (χ1) is 10.00. The van der Waals surface area contributed by atoms with E-state index in [1.54, 1.807) is 0 Å². The van der Waals surface area contributed by atoms with Gasteiger partial charge < -0.3 is 14.9 Å². The number of hydrogen-bond acceptors (Lipinski definition) is 6. The van der Waals surface area contributed by atoms with Crippen LogP contribution in [0.4, 0.5) is 5.82 Å². The molecule has 1 aliphatic rings. The summed E-state index contributed by atoms with van der Waals surface area (Å²) in [6.07, 6.45) is 2.27. The van der Waals surface area contributed by atoms with E-state index in [4.69, 9.17) is 15.3 Å². The van der Waals surface area contributed by atoms with E-state index in [1.807, 2.05) is 19.1 Å². The van der Waals surface area contributed by atoms with Crippen molar-refractivity contribution in [2.24, 2.45) is 5.84 Å². The first-order valence-electron chi connectivity index (χ1n) is 6.77. The molecule has 0 aliphatic carbocycles. The minimum Gasteiger partial charge on any atom is -0.483 e. The Morgan fingerprint density at radius 3 is 2.90 bits per heavy atom. The largest absolute Gasteiger partial charge is 0.483 e. The summed E-state index contributed by atoms with van der Waals surface area (Å²) in [7, 11) is 0. The minimum atomic E-state index is -0.216. The monoisotopic (exact) mass is 286 g/mol. The van der Waals surface area contributed by atoms with Crippen molar-refractivity contribution < 1.29 is 9.47 Å². The van der Waals surface area contributed by atoms with Crippen LogP contribution in [0.2, 0.25) is 0 Å². The Morgan fingerprint density at radius 2 is 2.14 bits per heavy atom. The lowest BCUT2D eigenvalue weighted by Gasteiger charge is -2.18. The summed E-state index contributed by atoms with van der Waals surface area (Å²) < 4.78 is 11.9. The molecule has 6 heteroatoms. The number of benzene rings is 1. The zero-order valence-electron chi connectivity index (χ0n) is 12.3. The molecule has 2 heterocycles. The quantitative estimate of drug-likeness (QED) is 0.666. The van der Waals surface area contributed by atoms with Crippen LogP contribution in [0.1, 0.15) is 25.0 Å². The number of para-hydroxylation sites is 1. The second-order valence-corrected chi connectivity index (χ2v) is 5.68. The molecule has 3 rings (SSSR count). The Hall–Kier alpha value is -2.34. The predicted molar refractivity (Wildman–Crippen MR) is 79.5 cm³/mol. The Labute approximate surface area is 123 Å². The van der Waals surface area contributed by atoms with Crippen molar-refractivity contribution >= 4 is 5.82 Å². The van der Waals surface area contributed by atoms with Crippen molar-refractivity contribution in [1.82, 2.24) is 9.97 Å². The standard InChI is InChI=1S/C15H18N4O2/c1-9-13(19-16)17-8-18-14(9)20-11-6-4-5-10-7-15(2,3)21-12(10)11/h4-6,8H,7,16H2,1-3H3,(H,17,18,19). The molecule has 110 valence electrons. The topological polar surface area (TPSA) is 82.3 Å². The summed E-state index contributed by atoms with van der Waals surface area (Å²) in [6.45, 7) is 5.96. The Morgan fingerprint density at radius 1 is 1.33 bits per heavy atom. The molecule has 0 saturated heterocycles. The van der Waals surface area contributed by atoms with Crippen LogP contribution in [0.5, 0.6) is 17.4 Å². The number of nitrogens with one attached hydrogen (secondary N) is 1. The summed E-state index contributed by atoms with van der Waals surface area (Å²) in [6, 6.07) is 5.88. The van der Waals surface area contributed by atoms with E-state index < -0.39 is 0 Å². The van der Waals surface area contributed by atoms with Gasteiger partial charge in [-0.3, -0.25) is 0 Å². The molecular weight excluding hydrogens is 268 g/mol. The number of anilines is 1. The smallest absolute Gasteiger partial charge is 0.227 e. The average molecular weight is 286 g/mol. The zero-order chi connectivity index (χ0) is 15.0. The van der Waals surface area contributed by atoms with Crippen LogP contribution in [0, 0.1) is 6.92 Å². The Bertz CT molecular complexity index is 685. The van der Waals surface area contributed by atoms with E-state index in [-0.39, 0.29) is 5.60 Å². The van der Waals surface area contributed by atoms with E-state index in [0.717, 1.165) is 23.3 Å². The third-order valence-electron chi connectivity index (χ3n) is 3.44. The van der Waals surface area contributed by atoms with E-state index >= 15 is 0 Å². The predicted octanol–water partition coefficient (Wildman–Crippen LogP) is 2.58. The molecule has 1 aromatic heterocycles. The average Bonchev–Trinajstić information content (AvgIpc) is 2.76. The molecule has 0 bridgehead atoms. The summed E-state index contributed by atoms with van der Waals surface area (Å²) in [5.41, 5.74) is 4.19. The van der Waals surface area contributed by atoms with Crippen molar-refractivity contribution in [2.75, 3.05) is 5.43 Å². The van der Waals surface area contributed by atoms with Crippen molar-refractivity contribution in [1.29, 1.82) is 0 Å². The number of nitrogen functional groups attached to an aromatic ring is 1. The number of aromatic nitrogens is 2. The molecule has 0 fully saturated rings. The molecule has 0 amide bonds. The zero-order valence-corrected chi connectivity index (χ0v) is 12.3. The summed E-state index contributed by atoms with van der Waals surface area (Å²) in [5.74, 6) is 7.85. The molecule has 1 aromatic carbocycles. The van der Waals surface area contributed by atoms with Crippen LogP contribution in [0.15, 0.2) is 24.5 Å². The molecular formula is C15H18N4O2. The summed E-state index contributed by atoms with van der Waals surface area (Å²) in [4.78, 5) is 8.20. The van der Waals surface area contributed by atoms with Gasteiger partial charge in [-0.1, -0.05) is 12.1 Å². The number of rotatable bonds is 3. The van der Waals surface area contributed by atoms with Gasteiger partial charge in [0.05, 0.1) is 5.56 Å². The maximum Gasteiger partial charge on any atom is 0.227 e. The van der Waals surface area contributed by atoms with Crippen LogP contribution >= 0.6 is 0 Å². The van der Waals surface area contributed by atoms with E-state index in [2.05, 4.69) is 35.3 Å². The maximum absolute atomic E-state index is 5.99. The number of hydrazine groups is 1. The van der Waals surface area contributed by atoms with Crippen LogP contribution in [0.25, 0.3) is 0 Å². The van der Waals surface area contributed by atoms with Crippen LogP contribution in [-0.4, -0.2) is 15.6 Å². The van der Waals surface area contributed by atoms with Gasteiger partial charge in [-0.15, -0.1) is 0 Å². The molecule has 6 nitrogen and oxygen atoms in total.